The Labute approximate surface area is 98.3 Å². The van der Waals surface area contributed by atoms with Crippen molar-refractivity contribution < 1.29 is 14.3 Å². The third-order valence-corrected chi connectivity index (χ3v) is 2.53. The van der Waals surface area contributed by atoms with Crippen LogP contribution in [0, 0.1) is 12.7 Å². The topological polar surface area (TPSA) is 37.3 Å². The minimum atomic E-state index is -1.25. The highest BCUT2D eigenvalue weighted by atomic mass is 19.1. The molecule has 1 N–H and O–H groups in total. The first kappa shape index (κ1) is 11.3. The molecule has 0 radical (unpaired) electrons. The molecule has 2 aromatic carbocycles. The Morgan fingerprint density at radius 1 is 1.18 bits per heavy atom. The second-order valence-electron chi connectivity index (χ2n) is 3.85. The number of halogens is 1. The van der Waals surface area contributed by atoms with Crippen LogP contribution < -0.4 is 0 Å². The molecule has 17 heavy (non-hydrogen) atoms. The summed E-state index contributed by atoms with van der Waals surface area (Å²) in [5, 5.41) is 8.92. The zero-order valence-corrected chi connectivity index (χ0v) is 9.27. The van der Waals surface area contributed by atoms with Gasteiger partial charge in [0.1, 0.15) is 5.82 Å². The molecule has 2 nitrogen and oxygen atoms in total. The number of hydrogen-bond donors (Lipinski definition) is 1. The number of benzene rings is 2. The highest BCUT2D eigenvalue weighted by molar-refractivity contribution is 5.90. The van der Waals surface area contributed by atoms with Gasteiger partial charge in [-0.2, -0.15) is 0 Å². The fourth-order valence-corrected chi connectivity index (χ4v) is 1.75. The summed E-state index contributed by atoms with van der Waals surface area (Å²) in [5.41, 5.74) is 1.44. The molecule has 0 aliphatic carbocycles. The smallest absolute Gasteiger partial charge is 0.338 e. The Hall–Kier alpha value is -2.16. The molecule has 86 valence electrons. The van der Waals surface area contributed by atoms with Crippen LogP contribution in [0.3, 0.4) is 0 Å². The summed E-state index contributed by atoms with van der Waals surface area (Å²) in [6.45, 7) is 1.75. The molecule has 0 aliphatic heterocycles. The first-order valence-corrected chi connectivity index (χ1v) is 5.18. The second-order valence-corrected chi connectivity index (χ2v) is 3.85. The number of aryl methyl sites for hydroxylation is 1. The van der Waals surface area contributed by atoms with E-state index in [9.17, 15) is 9.18 Å². The molecule has 0 saturated heterocycles. The van der Waals surface area contributed by atoms with E-state index in [1.165, 1.54) is 6.07 Å². The van der Waals surface area contributed by atoms with Gasteiger partial charge in [0.05, 0.1) is 5.56 Å². The van der Waals surface area contributed by atoms with Crippen molar-refractivity contribution in [2.45, 2.75) is 6.92 Å². The molecule has 0 aromatic heterocycles. The number of aromatic carboxylic acids is 1. The lowest BCUT2D eigenvalue weighted by molar-refractivity contribution is 0.0692. The van der Waals surface area contributed by atoms with Crippen LogP contribution in [0.2, 0.25) is 0 Å². The number of carbonyl (C=O) groups is 1. The lowest BCUT2D eigenvalue weighted by atomic mass is 9.99. The Morgan fingerprint density at radius 2 is 1.82 bits per heavy atom. The molecule has 2 aromatic rings. The fourth-order valence-electron chi connectivity index (χ4n) is 1.75. The van der Waals surface area contributed by atoms with E-state index < -0.39 is 11.8 Å². The molecule has 0 saturated carbocycles. The predicted molar refractivity (Wildman–Crippen MR) is 63.5 cm³/mol. The number of hydrogen-bond acceptors (Lipinski definition) is 1. The van der Waals surface area contributed by atoms with Crippen molar-refractivity contribution in [2.24, 2.45) is 0 Å². The molecule has 3 heteroatoms. The van der Waals surface area contributed by atoms with Crippen LogP contribution >= 0.6 is 0 Å². The molecule has 0 bridgehead atoms. The van der Waals surface area contributed by atoms with Gasteiger partial charge in [-0.05, 0) is 30.2 Å². The van der Waals surface area contributed by atoms with Gasteiger partial charge < -0.3 is 5.11 Å². The van der Waals surface area contributed by atoms with Crippen molar-refractivity contribution in [3.8, 4) is 11.1 Å². The summed E-state index contributed by atoms with van der Waals surface area (Å²) in [4.78, 5) is 10.9. The minimum Gasteiger partial charge on any atom is -0.478 e. The van der Waals surface area contributed by atoms with E-state index in [0.29, 0.717) is 11.1 Å². The molecular weight excluding hydrogens is 219 g/mol. The standard InChI is InChI=1S/C14H11FO2/c1-9-7-11(10-5-3-2-4-6-10)13(15)12(8-9)14(16)17/h2-8H,1H3,(H,16,17). The Morgan fingerprint density at radius 3 is 2.41 bits per heavy atom. The average Bonchev–Trinajstić information content (AvgIpc) is 2.32. The van der Waals surface area contributed by atoms with E-state index in [4.69, 9.17) is 5.11 Å². The van der Waals surface area contributed by atoms with Gasteiger partial charge >= 0.3 is 5.97 Å². The molecule has 0 aliphatic rings. The van der Waals surface area contributed by atoms with Gasteiger partial charge in [0.15, 0.2) is 0 Å². The van der Waals surface area contributed by atoms with Crippen LogP contribution in [0.4, 0.5) is 4.39 Å². The largest absolute Gasteiger partial charge is 0.478 e. The first-order chi connectivity index (χ1) is 8.09. The number of carboxylic acids is 1. The Kier molecular flexibility index (Phi) is 2.91. The van der Waals surface area contributed by atoms with E-state index in [0.717, 1.165) is 5.56 Å². The SMILES string of the molecule is Cc1cc(C(=O)O)c(F)c(-c2ccccc2)c1. The summed E-state index contributed by atoms with van der Waals surface area (Å²) >= 11 is 0. The van der Waals surface area contributed by atoms with Crippen molar-refractivity contribution in [3.05, 3.63) is 59.4 Å². The van der Waals surface area contributed by atoms with E-state index in [2.05, 4.69) is 0 Å². The van der Waals surface area contributed by atoms with Gasteiger partial charge in [-0.25, -0.2) is 9.18 Å². The maximum absolute atomic E-state index is 14.0. The van der Waals surface area contributed by atoms with Crippen LogP contribution in [-0.2, 0) is 0 Å². The predicted octanol–water partition coefficient (Wildman–Crippen LogP) is 3.50. The minimum absolute atomic E-state index is 0.288. The van der Waals surface area contributed by atoms with E-state index in [1.807, 2.05) is 6.07 Å². The monoisotopic (exact) mass is 230 g/mol. The van der Waals surface area contributed by atoms with Crippen LogP contribution in [0.25, 0.3) is 11.1 Å². The molecule has 0 fully saturated rings. The summed E-state index contributed by atoms with van der Waals surface area (Å²) in [7, 11) is 0. The van der Waals surface area contributed by atoms with Gasteiger partial charge in [-0.15, -0.1) is 0 Å². The third kappa shape index (κ3) is 2.18. The van der Waals surface area contributed by atoms with Crippen LogP contribution in [0.5, 0.6) is 0 Å². The molecular formula is C14H11FO2. The Bertz CT molecular complexity index is 562. The van der Waals surface area contributed by atoms with Crippen molar-refractivity contribution in [3.63, 3.8) is 0 Å². The van der Waals surface area contributed by atoms with E-state index in [-0.39, 0.29) is 5.56 Å². The lowest BCUT2D eigenvalue weighted by Gasteiger charge is -2.07. The lowest BCUT2D eigenvalue weighted by Crippen LogP contribution is -2.03. The van der Waals surface area contributed by atoms with Gasteiger partial charge in [0, 0.05) is 5.56 Å². The Balaban J connectivity index is 2.67. The zero-order chi connectivity index (χ0) is 12.4. The van der Waals surface area contributed by atoms with E-state index in [1.54, 1.807) is 37.3 Å². The molecule has 0 amide bonds. The maximum Gasteiger partial charge on any atom is 0.338 e. The zero-order valence-electron chi connectivity index (χ0n) is 9.27. The number of carboxylic acid groups (broad SMARTS) is 1. The molecule has 0 atom stereocenters. The average molecular weight is 230 g/mol. The van der Waals surface area contributed by atoms with Gasteiger partial charge in [-0.1, -0.05) is 30.3 Å². The maximum atomic E-state index is 14.0. The summed E-state index contributed by atoms with van der Waals surface area (Å²) in [6.07, 6.45) is 0. The quantitative estimate of drug-likeness (QED) is 0.857. The van der Waals surface area contributed by atoms with Crippen molar-refractivity contribution >= 4 is 5.97 Å². The normalized spacial score (nSPS) is 10.2. The first-order valence-electron chi connectivity index (χ1n) is 5.18. The fraction of sp³-hybridized carbons (Fsp3) is 0.0714. The van der Waals surface area contributed by atoms with Crippen molar-refractivity contribution in [1.29, 1.82) is 0 Å². The summed E-state index contributed by atoms with van der Waals surface area (Å²) in [5.74, 6) is -1.93. The summed E-state index contributed by atoms with van der Waals surface area (Å²) < 4.78 is 14.0. The molecule has 0 heterocycles. The van der Waals surface area contributed by atoms with E-state index >= 15 is 0 Å². The van der Waals surface area contributed by atoms with Crippen LogP contribution in [-0.4, -0.2) is 11.1 Å². The van der Waals surface area contributed by atoms with Gasteiger partial charge in [0.25, 0.3) is 0 Å². The second kappa shape index (κ2) is 4.37. The third-order valence-electron chi connectivity index (χ3n) is 2.53. The molecule has 0 spiro atoms. The van der Waals surface area contributed by atoms with Crippen molar-refractivity contribution in [1.82, 2.24) is 0 Å². The molecule has 2 rings (SSSR count). The number of rotatable bonds is 2. The highest BCUT2D eigenvalue weighted by Crippen LogP contribution is 2.26. The van der Waals surface area contributed by atoms with Gasteiger partial charge in [0.2, 0.25) is 0 Å². The van der Waals surface area contributed by atoms with Crippen LogP contribution in [0.1, 0.15) is 15.9 Å². The molecule has 0 unspecified atom stereocenters. The summed E-state index contributed by atoms with van der Waals surface area (Å²) in [6, 6.07) is 11.9. The highest BCUT2D eigenvalue weighted by Gasteiger charge is 2.15. The van der Waals surface area contributed by atoms with Crippen LogP contribution in [0.15, 0.2) is 42.5 Å². The van der Waals surface area contributed by atoms with Gasteiger partial charge in [-0.3, -0.25) is 0 Å². The van der Waals surface area contributed by atoms with Crippen molar-refractivity contribution in [2.75, 3.05) is 0 Å².